The number of hydrogen-bond acceptors (Lipinski definition) is 12. The Morgan fingerprint density at radius 1 is 0.725 bits per heavy atom. The molecule has 3 aromatic rings. The number of anilines is 2. The lowest BCUT2D eigenvalue weighted by atomic mass is 10.0. The molecule has 0 bridgehead atoms. The van der Waals surface area contributed by atoms with E-state index in [0.29, 0.717) is 11.1 Å². The topological polar surface area (TPSA) is 224 Å². The van der Waals surface area contributed by atoms with E-state index < -0.39 is 95.1 Å². The van der Waals surface area contributed by atoms with Crippen LogP contribution in [0.15, 0.2) is 71.7 Å². The summed E-state index contributed by atoms with van der Waals surface area (Å²) in [7, 11) is 1.51. The van der Waals surface area contributed by atoms with Gasteiger partial charge in [0.15, 0.2) is 0 Å². The zero-order chi connectivity index (χ0) is 51.8. The molecule has 0 saturated carbocycles. The number of benzene rings is 3. The molecule has 0 aromatic heterocycles. The molecular formula is C48H61ClFN7O12. The summed E-state index contributed by atoms with van der Waals surface area (Å²) in [6, 6.07) is 13.8. The normalized spacial score (nSPS) is 14.9. The molecule has 0 radical (unpaired) electrons. The monoisotopic (exact) mass is 981 g/mol. The van der Waals surface area contributed by atoms with Crippen molar-refractivity contribution >= 4 is 71.2 Å². The summed E-state index contributed by atoms with van der Waals surface area (Å²) in [6.45, 7) is 18.1. The Morgan fingerprint density at radius 3 is 1.90 bits per heavy atom. The van der Waals surface area contributed by atoms with Gasteiger partial charge in [-0.2, -0.15) is 0 Å². The van der Waals surface area contributed by atoms with Crippen molar-refractivity contribution in [2.24, 2.45) is 4.99 Å². The van der Waals surface area contributed by atoms with Crippen LogP contribution in [0.4, 0.5) is 39.7 Å². The van der Waals surface area contributed by atoms with Crippen LogP contribution in [0.25, 0.3) is 0 Å². The van der Waals surface area contributed by atoms with Crippen molar-refractivity contribution in [2.75, 3.05) is 23.8 Å². The molecule has 1 aliphatic rings. The maximum atomic E-state index is 14.7. The largest absolute Gasteiger partial charge is 0.444 e. The van der Waals surface area contributed by atoms with Crippen molar-refractivity contribution in [3.8, 4) is 0 Å². The second-order valence-corrected chi connectivity index (χ2v) is 20.3. The van der Waals surface area contributed by atoms with Crippen molar-refractivity contribution in [3.63, 3.8) is 0 Å². The smallest absolute Gasteiger partial charge is 0.437 e. The Balaban J connectivity index is 1.96. The molecule has 0 aliphatic carbocycles. The number of carbonyl (C=O) groups is 7. The summed E-state index contributed by atoms with van der Waals surface area (Å²) in [5, 5.41) is 7.07. The van der Waals surface area contributed by atoms with Gasteiger partial charge in [-0.3, -0.25) is 19.8 Å². The highest BCUT2D eigenvalue weighted by Crippen LogP contribution is 2.42. The number of halogens is 2. The van der Waals surface area contributed by atoms with E-state index in [4.69, 9.17) is 35.3 Å². The number of nitrogens with zero attached hydrogens (tertiary/aromatic N) is 4. The highest BCUT2D eigenvalue weighted by Gasteiger charge is 2.47. The van der Waals surface area contributed by atoms with Gasteiger partial charge in [0.2, 0.25) is 5.96 Å². The van der Waals surface area contributed by atoms with E-state index in [1.54, 1.807) is 126 Å². The summed E-state index contributed by atoms with van der Waals surface area (Å²) in [4.78, 5) is 104. The molecule has 1 heterocycles. The molecular weight excluding hydrogens is 921 g/mol. The van der Waals surface area contributed by atoms with Gasteiger partial charge < -0.3 is 39.2 Å². The van der Waals surface area contributed by atoms with E-state index >= 15 is 0 Å². The minimum atomic E-state index is -1.50. The maximum absolute atomic E-state index is 14.7. The third-order valence-corrected chi connectivity index (χ3v) is 9.35. The summed E-state index contributed by atoms with van der Waals surface area (Å²) in [6.07, 6.45) is -5.29. The lowest BCUT2D eigenvalue weighted by molar-refractivity contribution is -0.136. The fourth-order valence-electron chi connectivity index (χ4n) is 6.40. The number of ether oxygens (including phenoxy) is 5. The molecule has 19 nitrogen and oxygen atoms in total. The van der Waals surface area contributed by atoms with Gasteiger partial charge in [-0.1, -0.05) is 54.1 Å². The Bertz CT molecular complexity index is 2440. The Hall–Kier alpha value is -6.96. The van der Waals surface area contributed by atoms with Crippen molar-refractivity contribution in [1.82, 2.24) is 20.4 Å². The molecule has 1 aliphatic heterocycles. The van der Waals surface area contributed by atoms with Crippen LogP contribution in [0.2, 0.25) is 5.02 Å². The average Bonchev–Trinajstić information content (AvgIpc) is 3.49. The summed E-state index contributed by atoms with van der Waals surface area (Å²) >= 11 is 5.83. The molecule has 69 heavy (non-hydrogen) atoms. The number of fused-ring (bicyclic) bond motifs is 1. The fourth-order valence-corrected chi connectivity index (χ4v) is 6.52. The highest BCUT2D eigenvalue weighted by atomic mass is 35.5. The molecule has 0 spiro atoms. The van der Waals surface area contributed by atoms with E-state index in [1.807, 2.05) is 0 Å². The van der Waals surface area contributed by atoms with E-state index in [0.717, 1.165) is 15.9 Å². The third-order valence-electron chi connectivity index (χ3n) is 9.05. The number of amides is 7. The lowest BCUT2D eigenvalue weighted by Crippen LogP contribution is -2.57. The van der Waals surface area contributed by atoms with Crippen LogP contribution in [-0.4, -0.2) is 100 Å². The molecule has 21 heteroatoms. The van der Waals surface area contributed by atoms with E-state index in [-0.39, 0.29) is 35.1 Å². The summed E-state index contributed by atoms with van der Waals surface area (Å²) in [5.74, 6) is -4.18. The van der Waals surface area contributed by atoms with Crippen LogP contribution in [0.5, 0.6) is 0 Å². The molecule has 374 valence electrons. The molecule has 2 atom stereocenters. The predicted octanol–water partition coefficient (Wildman–Crippen LogP) is 9.22. The number of guanidine groups is 1. The lowest BCUT2D eigenvalue weighted by Gasteiger charge is -2.34. The van der Waals surface area contributed by atoms with Crippen LogP contribution in [0, 0.1) is 5.82 Å². The van der Waals surface area contributed by atoms with Crippen molar-refractivity contribution in [1.29, 1.82) is 0 Å². The first-order chi connectivity index (χ1) is 31.8. The molecule has 0 unspecified atom stereocenters. The van der Waals surface area contributed by atoms with Crippen molar-refractivity contribution in [3.05, 3.63) is 94.3 Å². The summed E-state index contributed by atoms with van der Waals surface area (Å²) in [5.41, 5.74) is -3.00. The Labute approximate surface area is 405 Å². The first-order valence-corrected chi connectivity index (χ1v) is 22.1. The second kappa shape index (κ2) is 22.0. The predicted molar refractivity (Wildman–Crippen MR) is 254 cm³/mol. The summed E-state index contributed by atoms with van der Waals surface area (Å²) < 4.78 is 42.5. The first-order valence-electron chi connectivity index (χ1n) is 21.7. The number of alkyl carbamates (subject to hydrolysis) is 1. The van der Waals surface area contributed by atoms with Gasteiger partial charge in [-0.25, -0.2) is 33.3 Å². The van der Waals surface area contributed by atoms with Gasteiger partial charge in [0.1, 0.15) is 34.8 Å². The van der Waals surface area contributed by atoms with Gasteiger partial charge in [0.25, 0.3) is 0 Å². The van der Waals surface area contributed by atoms with Crippen LogP contribution in [-0.2, 0) is 46.4 Å². The molecule has 4 rings (SSSR count). The second-order valence-electron chi connectivity index (χ2n) is 19.9. The fraction of sp³-hybridized carbons (Fsp3) is 0.458. The van der Waals surface area contributed by atoms with Crippen LogP contribution in [0.3, 0.4) is 0 Å². The van der Waals surface area contributed by atoms with E-state index in [2.05, 4.69) is 20.9 Å². The Morgan fingerprint density at radius 2 is 1.32 bits per heavy atom. The molecule has 0 fully saturated rings. The number of rotatable bonds is 8. The first kappa shape index (κ1) is 54.6. The van der Waals surface area contributed by atoms with E-state index in [9.17, 15) is 38.0 Å². The minimum absolute atomic E-state index is 0.0482. The van der Waals surface area contributed by atoms with Crippen LogP contribution >= 0.6 is 11.6 Å². The van der Waals surface area contributed by atoms with Crippen molar-refractivity contribution < 1.29 is 61.6 Å². The number of hydrogen-bond donors (Lipinski definition) is 3. The maximum Gasteiger partial charge on any atom is 0.437 e. The van der Waals surface area contributed by atoms with Crippen LogP contribution in [0.1, 0.15) is 106 Å². The molecule has 3 aromatic carbocycles. The number of carbonyl (C=O) groups excluding carboxylic acids is 7. The van der Waals surface area contributed by atoms with Gasteiger partial charge in [0.05, 0.1) is 29.3 Å². The van der Waals surface area contributed by atoms with Gasteiger partial charge in [0, 0.05) is 24.8 Å². The van der Waals surface area contributed by atoms with Crippen LogP contribution < -0.4 is 20.9 Å². The average molecular weight is 983 g/mol. The highest BCUT2D eigenvalue weighted by molar-refractivity contribution is 6.39. The van der Waals surface area contributed by atoms with E-state index in [1.165, 1.54) is 30.1 Å². The quantitative estimate of drug-likeness (QED) is 0.0832. The minimum Gasteiger partial charge on any atom is -0.444 e. The van der Waals surface area contributed by atoms with Gasteiger partial charge in [-0.05, 0) is 118 Å². The zero-order valence-electron chi connectivity index (χ0n) is 41.1. The third kappa shape index (κ3) is 16.9. The molecule has 3 N–H and O–H groups in total. The number of nitrogens with one attached hydrogen (secondary N) is 3. The Kier molecular flexibility index (Phi) is 17.4. The molecule has 7 amide bonds. The SMILES string of the molecule is CN(Cc1ccc2c(c1)N(C(=O)OCc1ccccc1)[C@H](CN(C(=O)OC(C)(C)C)C(=NC(=O)OC(C)(C)C)NC(=O)OC(C)(C)C)[C@H]2NC(=O)C(=O)Nc1ccc(Cl)c(F)c1)C(=O)OC(C)(C)C. The van der Waals surface area contributed by atoms with Crippen molar-refractivity contribution in [2.45, 2.75) is 131 Å². The standard InChI is InChI=1S/C48H61ClFN7O12/c1-45(2,3)66-40(60)53-39(54-41(61)67-46(4,5)6)56(43(63)69-48(10,11)12)26-35-36(52-38(59)37(58)51-30-20-22-32(49)33(50)24-30)31-21-19-29(25-55(13)42(62)68-47(7,8)9)23-34(31)57(35)44(64)65-27-28-17-15-14-16-18-28/h14-24,35-36H,25-27H2,1-13H3,(H,51,58)(H,52,59)(H,53,54,60,61)/t35-,36+/m1/s1. The van der Waals surface area contributed by atoms with Gasteiger partial charge >= 0.3 is 42.3 Å². The molecule has 0 saturated heterocycles. The zero-order valence-corrected chi connectivity index (χ0v) is 41.8. The number of aliphatic imine (C=N–C) groups is 1. The van der Waals surface area contributed by atoms with Gasteiger partial charge in [-0.15, -0.1) is 4.99 Å².